The van der Waals surface area contributed by atoms with Crippen LogP contribution in [0.2, 0.25) is 0 Å². The van der Waals surface area contributed by atoms with Crippen LogP contribution < -0.4 is 4.74 Å². The van der Waals surface area contributed by atoms with Crippen LogP contribution in [0.15, 0.2) is 65.9 Å². The minimum absolute atomic E-state index is 0.0231. The van der Waals surface area contributed by atoms with Gasteiger partial charge in [0.05, 0.1) is 35.4 Å². The van der Waals surface area contributed by atoms with Crippen LogP contribution in [-0.2, 0) is 6.54 Å². The number of Topliss-reactive ketones (excluding diaryl/α,β-unsaturated/α-hetero) is 2. The van der Waals surface area contributed by atoms with Gasteiger partial charge >= 0.3 is 0 Å². The molecule has 6 nitrogen and oxygen atoms in total. The summed E-state index contributed by atoms with van der Waals surface area (Å²) < 4.78 is 21.4. The first-order valence-corrected chi connectivity index (χ1v) is 13.0. The third kappa shape index (κ3) is 5.14. The molecular formula is C31H30FN3O3. The lowest BCUT2D eigenvalue weighted by atomic mass is 9.88. The van der Waals surface area contributed by atoms with Crippen molar-refractivity contribution < 1.29 is 18.7 Å². The number of halogens is 1. The van der Waals surface area contributed by atoms with Gasteiger partial charge in [0, 0.05) is 29.7 Å². The smallest absolute Gasteiger partial charge is 0.165 e. The fraction of sp³-hybridized carbons (Fsp3) is 0.290. The van der Waals surface area contributed by atoms with E-state index in [1.54, 1.807) is 31.5 Å². The summed E-state index contributed by atoms with van der Waals surface area (Å²) in [5.74, 6) is 0.379. The van der Waals surface area contributed by atoms with E-state index < -0.39 is 0 Å². The van der Waals surface area contributed by atoms with Crippen LogP contribution in [0, 0.1) is 11.7 Å². The first-order chi connectivity index (χ1) is 18.3. The molecule has 1 aliphatic rings. The normalized spacial score (nSPS) is 15.5. The van der Waals surface area contributed by atoms with Gasteiger partial charge in [-0.25, -0.2) is 9.37 Å². The highest BCUT2D eigenvalue weighted by atomic mass is 19.1. The summed E-state index contributed by atoms with van der Waals surface area (Å²) in [6.07, 6.45) is 3.58. The number of ether oxygens (including phenoxy) is 1. The molecule has 1 atom stereocenters. The van der Waals surface area contributed by atoms with Gasteiger partial charge in [-0.15, -0.1) is 0 Å². The number of hydrogen-bond acceptors (Lipinski definition) is 5. The summed E-state index contributed by atoms with van der Waals surface area (Å²) in [6.45, 7) is 6.70. The molecule has 0 saturated heterocycles. The standard InChI is InChI=1S/C31H30FN3O3/c1-4-13-38-30-12-8-22(20(3)36)14-25(30)31-19(2)5-11-29(37)24-15-28-27(16-26(24)34-31)33-18-35(28)17-21-6-9-23(32)10-7-21/h6-10,12,14-16,18-19H,4-5,11,13,17H2,1-3H3/t19-/m0/s1. The molecule has 0 amide bonds. The Morgan fingerprint density at radius 2 is 1.89 bits per heavy atom. The summed E-state index contributed by atoms with van der Waals surface area (Å²) in [5, 5.41) is 0. The van der Waals surface area contributed by atoms with Gasteiger partial charge in [0.1, 0.15) is 11.6 Å². The molecule has 38 heavy (non-hydrogen) atoms. The van der Waals surface area contributed by atoms with Gasteiger partial charge in [0.15, 0.2) is 11.6 Å². The fourth-order valence-corrected chi connectivity index (χ4v) is 4.79. The van der Waals surface area contributed by atoms with E-state index in [4.69, 9.17) is 9.73 Å². The van der Waals surface area contributed by atoms with Gasteiger partial charge in [0.25, 0.3) is 0 Å². The van der Waals surface area contributed by atoms with E-state index in [0.717, 1.165) is 34.3 Å². The van der Waals surface area contributed by atoms with Crippen molar-refractivity contribution in [3.63, 3.8) is 0 Å². The number of hydrogen-bond donors (Lipinski definition) is 0. The lowest BCUT2D eigenvalue weighted by molar-refractivity contribution is 0.0976. The molecule has 0 aliphatic carbocycles. The molecule has 0 unspecified atom stereocenters. The molecule has 2 heterocycles. The van der Waals surface area contributed by atoms with Crippen LogP contribution in [-0.4, -0.2) is 33.4 Å². The van der Waals surface area contributed by atoms with Gasteiger partial charge in [-0.1, -0.05) is 26.0 Å². The molecule has 7 heteroatoms. The zero-order valence-corrected chi connectivity index (χ0v) is 21.8. The number of aliphatic imine (C=N–C) groups is 1. The molecule has 0 fully saturated rings. The zero-order valence-electron chi connectivity index (χ0n) is 21.8. The monoisotopic (exact) mass is 511 g/mol. The Morgan fingerprint density at radius 1 is 1.11 bits per heavy atom. The third-order valence-electron chi connectivity index (χ3n) is 6.94. The Morgan fingerprint density at radius 3 is 2.63 bits per heavy atom. The molecule has 0 radical (unpaired) electrons. The van der Waals surface area contributed by atoms with Crippen molar-refractivity contribution in [2.75, 3.05) is 6.61 Å². The largest absolute Gasteiger partial charge is 0.493 e. The number of fused-ring (bicyclic) bond motifs is 2. The van der Waals surface area contributed by atoms with E-state index in [1.165, 1.54) is 12.1 Å². The highest BCUT2D eigenvalue weighted by molar-refractivity contribution is 6.11. The lowest BCUT2D eigenvalue weighted by Gasteiger charge is -2.22. The summed E-state index contributed by atoms with van der Waals surface area (Å²) in [6, 6.07) is 15.5. The van der Waals surface area contributed by atoms with Crippen LogP contribution in [0.4, 0.5) is 10.1 Å². The molecule has 5 rings (SSSR count). The molecule has 4 aromatic rings. The molecule has 0 bridgehead atoms. The van der Waals surface area contributed by atoms with Crippen molar-refractivity contribution in [1.82, 2.24) is 9.55 Å². The second-order valence-corrected chi connectivity index (χ2v) is 9.83. The van der Waals surface area contributed by atoms with E-state index in [1.807, 2.05) is 35.8 Å². The van der Waals surface area contributed by atoms with E-state index in [9.17, 15) is 14.0 Å². The number of ketones is 2. The summed E-state index contributed by atoms with van der Waals surface area (Å²) in [7, 11) is 0. The highest BCUT2D eigenvalue weighted by Crippen LogP contribution is 2.34. The second kappa shape index (κ2) is 10.7. The van der Waals surface area contributed by atoms with Crippen molar-refractivity contribution in [3.8, 4) is 5.75 Å². The van der Waals surface area contributed by atoms with Crippen molar-refractivity contribution in [3.05, 3.63) is 89.0 Å². The highest BCUT2D eigenvalue weighted by Gasteiger charge is 2.25. The number of carbonyl (C=O) groups excluding carboxylic acids is 2. The minimum Gasteiger partial charge on any atom is -0.493 e. The van der Waals surface area contributed by atoms with E-state index in [0.29, 0.717) is 48.6 Å². The predicted molar refractivity (Wildman–Crippen MR) is 146 cm³/mol. The molecular weight excluding hydrogens is 481 g/mol. The average Bonchev–Trinajstić information content (AvgIpc) is 3.30. The lowest BCUT2D eigenvalue weighted by Crippen LogP contribution is -2.19. The van der Waals surface area contributed by atoms with Crippen LogP contribution in [0.1, 0.15) is 71.9 Å². The fourth-order valence-electron chi connectivity index (χ4n) is 4.79. The second-order valence-electron chi connectivity index (χ2n) is 9.83. The molecule has 1 aliphatic heterocycles. The number of nitrogens with zero attached hydrogens (tertiary/aromatic N) is 3. The Bertz CT molecular complexity index is 1550. The van der Waals surface area contributed by atoms with Crippen LogP contribution in [0.25, 0.3) is 11.0 Å². The maximum atomic E-state index is 13.4. The average molecular weight is 512 g/mol. The molecule has 0 saturated carbocycles. The van der Waals surface area contributed by atoms with Crippen LogP contribution >= 0.6 is 0 Å². The quantitative estimate of drug-likeness (QED) is 0.252. The maximum Gasteiger partial charge on any atom is 0.165 e. The maximum absolute atomic E-state index is 13.4. The van der Waals surface area contributed by atoms with Crippen LogP contribution in [0.5, 0.6) is 5.75 Å². The molecule has 194 valence electrons. The molecule has 1 aromatic heterocycles. The van der Waals surface area contributed by atoms with Gasteiger partial charge in [-0.05, 0) is 73.7 Å². The zero-order chi connectivity index (χ0) is 26.8. The Kier molecular flexibility index (Phi) is 7.18. The van der Waals surface area contributed by atoms with Crippen LogP contribution in [0.3, 0.4) is 0 Å². The van der Waals surface area contributed by atoms with Gasteiger partial charge in [-0.2, -0.15) is 0 Å². The minimum atomic E-state index is -0.281. The molecule has 0 N–H and O–H groups in total. The predicted octanol–water partition coefficient (Wildman–Crippen LogP) is 6.95. The SMILES string of the molecule is CCCOc1ccc(C(C)=O)cc1C1=Nc2cc3ncn(Cc4ccc(F)cc4)c3cc2C(=O)CC[C@@H]1C. The van der Waals surface area contributed by atoms with Gasteiger partial charge in [0.2, 0.25) is 0 Å². The molecule has 3 aromatic carbocycles. The van der Waals surface area contributed by atoms with Crippen molar-refractivity contribution >= 4 is 34.0 Å². The number of imidazole rings is 1. The summed E-state index contributed by atoms with van der Waals surface area (Å²) in [4.78, 5) is 35.1. The Hall–Kier alpha value is -4.13. The van der Waals surface area contributed by atoms with Gasteiger partial charge < -0.3 is 9.30 Å². The number of carbonyl (C=O) groups is 2. The van der Waals surface area contributed by atoms with E-state index in [2.05, 4.69) is 11.9 Å². The number of benzene rings is 3. The van der Waals surface area contributed by atoms with Crippen molar-refractivity contribution in [2.45, 2.75) is 46.6 Å². The van der Waals surface area contributed by atoms with Gasteiger partial charge in [-0.3, -0.25) is 14.6 Å². The first kappa shape index (κ1) is 25.5. The topological polar surface area (TPSA) is 73.5 Å². The summed E-state index contributed by atoms with van der Waals surface area (Å²) in [5.41, 5.74) is 5.73. The Balaban J connectivity index is 1.63. The number of aromatic nitrogens is 2. The molecule has 0 spiro atoms. The van der Waals surface area contributed by atoms with E-state index >= 15 is 0 Å². The number of rotatable bonds is 7. The Labute approximate surface area is 221 Å². The van der Waals surface area contributed by atoms with E-state index in [-0.39, 0.29) is 23.3 Å². The first-order valence-electron chi connectivity index (χ1n) is 13.0. The van der Waals surface area contributed by atoms with Crippen molar-refractivity contribution in [2.24, 2.45) is 10.9 Å². The van der Waals surface area contributed by atoms with Crippen molar-refractivity contribution in [1.29, 1.82) is 0 Å². The summed E-state index contributed by atoms with van der Waals surface area (Å²) >= 11 is 0. The third-order valence-corrected chi connectivity index (χ3v) is 6.94.